The van der Waals surface area contributed by atoms with Crippen LogP contribution in [0.25, 0.3) is 0 Å². The second kappa shape index (κ2) is 16.0. The highest BCUT2D eigenvalue weighted by Gasteiger charge is 2.07. The Balaban J connectivity index is 4.25. The molecule has 136 valence electrons. The van der Waals surface area contributed by atoms with Gasteiger partial charge in [0.1, 0.15) is 6.10 Å². The summed E-state index contributed by atoms with van der Waals surface area (Å²) in [6, 6.07) is 0. The molecular weight excluding hydrogens is 304 g/mol. The molecule has 4 nitrogen and oxygen atoms in total. The number of allylic oxidation sites excluding steroid dienone is 4. The average Bonchev–Trinajstić information content (AvgIpc) is 2.53. The summed E-state index contributed by atoms with van der Waals surface area (Å²) < 4.78 is 5.44. The second-order valence-electron chi connectivity index (χ2n) is 5.67. The minimum Gasteiger partial charge on any atom is -0.481 e. The molecule has 0 rings (SSSR count). The van der Waals surface area contributed by atoms with E-state index < -0.39 is 5.97 Å². The van der Waals surface area contributed by atoms with Gasteiger partial charge in [-0.1, -0.05) is 44.6 Å². The minimum absolute atomic E-state index is 0.178. The molecule has 1 atom stereocenters. The van der Waals surface area contributed by atoms with E-state index in [1.165, 1.54) is 0 Å². The molecule has 0 aliphatic rings. The molecule has 1 N–H and O–H groups in total. The lowest BCUT2D eigenvalue weighted by molar-refractivity contribution is -0.145. The van der Waals surface area contributed by atoms with Crippen molar-refractivity contribution in [3.63, 3.8) is 0 Å². The summed E-state index contributed by atoms with van der Waals surface area (Å²) in [6.45, 7) is 4.04. The number of rotatable bonds is 14. The lowest BCUT2D eigenvalue weighted by Crippen LogP contribution is -2.13. The highest BCUT2D eigenvalue weighted by Crippen LogP contribution is 2.07. The first-order valence-electron chi connectivity index (χ1n) is 8.99. The number of carboxylic acid groups (broad SMARTS) is 1. The van der Waals surface area contributed by atoms with Gasteiger partial charge in [0.2, 0.25) is 0 Å². The van der Waals surface area contributed by atoms with Crippen LogP contribution >= 0.6 is 0 Å². The van der Waals surface area contributed by atoms with E-state index in [9.17, 15) is 9.59 Å². The molecule has 0 heterocycles. The molecule has 0 saturated heterocycles. The van der Waals surface area contributed by atoms with E-state index >= 15 is 0 Å². The molecule has 0 radical (unpaired) electrons. The van der Waals surface area contributed by atoms with Crippen LogP contribution in [0.1, 0.15) is 71.6 Å². The van der Waals surface area contributed by atoms with Crippen molar-refractivity contribution in [3.8, 4) is 0 Å². The van der Waals surface area contributed by atoms with E-state index in [4.69, 9.17) is 9.84 Å². The lowest BCUT2D eigenvalue weighted by Gasteiger charge is -2.10. The maximum atomic E-state index is 11.7. The van der Waals surface area contributed by atoms with Gasteiger partial charge in [-0.2, -0.15) is 0 Å². The lowest BCUT2D eigenvalue weighted by atomic mass is 10.1. The quantitative estimate of drug-likeness (QED) is 0.269. The van der Waals surface area contributed by atoms with Crippen LogP contribution in [-0.4, -0.2) is 23.1 Å². The van der Waals surface area contributed by atoms with E-state index in [2.05, 4.69) is 19.1 Å². The van der Waals surface area contributed by atoms with E-state index in [0.29, 0.717) is 12.8 Å². The van der Waals surface area contributed by atoms with E-state index in [0.717, 1.165) is 38.5 Å². The minimum atomic E-state index is -0.740. The summed E-state index contributed by atoms with van der Waals surface area (Å²) in [6.07, 6.45) is 18.4. The zero-order valence-electron chi connectivity index (χ0n) is 15.1. The molecule has 0 amide bonds. The number of carbonyl (C=O) groups is 2. The molecule has 0 aliphatic carbocycles. The number of carboxylic acids is 1. The van der Waals surface area contributed by atoms with Gasteiger partial charge in [-0.05, 0) is 50.7 Å². The molecule has 0 aliphatic heterocycles. The van der Waals surface area contributed by atoms with E-state index in [1.807, 2.05) is 31.2 Å². The fourth-order valence-corrected chi connectivity index (χ4v) is 2.06. The number of unbranched alkanes of at least 4 members (excludes halogenated alkanes) is 3. The molecule has 4 heteroatoms. The largest absolute Gasteiger partial charge is 0.481 e. The Bertz CT molecular complexity index is 421. The van der Waals surface area contributed by atoms with Gasteiger partial charge in [0.15, 0.2) is 0 Å². The van der Waals surface area contributed by atoms with Gasteiger partial charge in [-0.3, -0.25) is 9.59 Å². The molecule has 1 unspecified atom stereocenters. The SMILES string of the molecule is CC/C=C\C/C=C\C(/C=C\CCCCCC(=O)O)OC(=O)CCC. The third-order valence-corrected chi connectivity index (χ3v) is 3.31. The number of aliphatic carboxylic acids is 1. The van der Waals surface area contributed by atoms with Crippen molar-refractivity contribution >= 4 is 11.9 Å². The first-order valence-corrected chi connectivity index (χ1v) is 8.99. The highest BCUT2D eigenvalue weighted by molar-refractivity contribution is 5.69. The van der Waals surface area contributed by atoms with Crippen molar-refractivity contribution < 1.29 is 19.4 Å². The highest BCUT2D eigenvalue weighted by atomic mass is 16.5. The van der Waals surface area contributed by atoms with Gasteiger partial charge in [0, 0.05) is 12.8 Å². The maximum Gasteiger partial charge on any atom is 0.306 e. The first kappa shape index (κ1) is 22.2. The Kier molecular flexibility index (Phi) is 14.8. The first-order chi connectivity index (χ1) is 11.6. The average molecular weight is 336 g/mol. The van der Waals surface area contributed by atoms with E-state index in [-0.39, 0.29) is 18.5 Å². The molecule has 0 bridgehead atoms. The number of carbonyl (C=O) groups excluding carboxylic acids is 1. The zero-order chi connectivity index (χ0) is 18.0. The normalized spacial score (nSPS) is 13.1. The van der Waals surface area contributed by atoms with Crippen LogP contribution in [0.2, 0.25) is 0 Å². The molecule has 0 fully saturated rings. The number of esters is 1. The predicted molar refractivity (Wildman–Crippen MR) is 97.8 cm³/mol. The Hall–Kier alpha value is -1.84. The molecular formula is C20H32O4. The summed E-state index contributed by atoms with van der Waals surface area (Å²) in [5.74, 6) is -0.918. The van der Waals surface area contributed by atoms with Crippen molar-refractivity contribution in [2.75, 3.05) is 0 Å². The van der Waals surface area contributed by atoms with Crippen molar-refractivity contribution in [2.45, 2.75) is 77.7 Å². The molecule has 0 aromatic rings. The van der Waals surface area contributed by atoms with Gasteiger partial charge in [0.25, 0.3) is 0 Å². The zero-order valence-corrected chi connectivity index (χ0v) is 15.1. The van der Waals surface area contributed by atoms with Gasteiger partial charge in [-0.25, -0.2) is 0 Å². The van der Waals surface area contributed by atoms with Crippen LogP contribution in [0.15, 0.2) is 36.5 Å². The fraction of sp³-hybridized carbons (Fsp3) is 0.600. The monoisotopic (exact) mass is 336 g/mol. The van der Waals surface area contributed by atoms with Crippen LogP contribution in [0, 0.1) is 0 Å². The second-order valence-corrected chi connectivity index (χ2v) is 5.67. The van der Waals surface area contributed by atoms with Crippen LogP contribution in [0.4, 0.5) is 0 Å². The molecule has 0 spiro atoms. The summed E-state index contributed by atoms with van der Waals surface area (Å²) in [4.78, 5) is 22.1. The smallest absolute Gasteiger partial charge is 0.306 e. The molecule has 0 aromatic carbocycles. The van der Waals surface area contributed by atoms with Crippen molar-refractivity contribution in [2.24, 2.45) is 0 Å². The fourth-order valence-electron chi connectivity index (χ4n) is 2.06. The van der Waals surface area contributed by atoms with Crippen molar-refractivity contribution in [1.82, 2.24) is 0 Å². The van der Waals surface area contributed by atoms with Gasteiger partial charge in [0.05, 0.1) is 0 Å². The maximum absolute atomic E-state index is 11.7. The topological polar surface area (TPSA) is 63.6 Å². The predicted octanol–water partition coefficient (Wildman–Crippen LogP) is 5.20. The standard InChI is InChI=1S/C20H32O4/c1-3-5-6-8-11-15-18(24-20(23)14-4-2)16-12-9-7-10-13-17-19(21)22/h5-6,11-12,15-16,18H,3-4,7-10,13-14,17H2,1-2H3,(H,21,22)/b6-5-,15-11-,16-12-. The Labute approximate surface area is 146 Å². The van der Waals surface area contributed by atoms with Crippen LogP contribution < -0.4 is 0 Å². The van der Waals surface area contributed by atoms with Gasteiger partial charge >= 0.3 is 11.9 Å². The Morgan fingerprint density at radius 1 is 0.958 bits per heavy atom. The van der Waals surface area contributed by atoms with Crippen LogP contribution in [0.5, 0.6) is 0 Å². The summed E-state index contributed by atoms with van der Waals surface area (Å²) in [7, 11) is 0. The Morgan fingerprint density at radius 3 is 2.38 bits per heavy atom. The Morgan fingerprint density at radius 2 is 1.71 bits per heavy atom. The van der Waals surface area contributed by atoms with Crippen LogP contribution in [-0.2, 0) is 14.3 Å². The summed E-state index contributed by atoms with van der Waals surface area (Å²) >= 11 is 0. The number of ether oxygens (including phenoxy) is 1. The molecule has 0 saturated carbocycles. The third kappa shape index (κ3) is 15.1. The number of hydrogen-bond acceptors (Lipinski definition) is 3. The summed E-state index contributed by atoms with van der Waals surface area (Å²) in [5, 5.41) is 8.58. The van der Waals surface area contributed by atoms with Crippen LogP contribution in [0.3, 0.4) is 0 Å². The summed E-state index contributed by atoms with van der Waals surface area (Å²) in [5.41, 5.74) is 0. The number of hydrogen-bond donors (Lipinski definition) is 1. The van der Waals surface area contributed by atoms with Gasteiger partial charge in [-0.15, -0.1) is 0 Å². The third-order valence-electron chi connectivity index (χ3n) is 3.31. The van der Waals surface area contributed by atoms with Crippen molar-refractivity contribution in [1.29, 1.82) is 0 Å². The molecule has 24 heavy (non-hydrogen) atoms. The van der Waals surface area contributed by atoms with Crippen molar-refractivity contribution in [3.05, 3.63) is 36.5 Å². The molecule has 0 aromatic heterocycles. The van der Waals surface area contributed by atoms with E-state index in [1.54, 1.807) is 0 Å². The van der Waals surface area contributed by atoms with Gasteiger partial charge < -0.3 is 9.84 Å².